The third kappa shape index (κ3) is 7.06. The van der Waals surface area contributed by atoms with Gasteiger partial charge in [-0.15, -0.1) is 0 Å². The molecular formula is C19H20BrN3O3. The highest BCUT2D eigenvalue weighted by molar-refractivity contribution is 9.10. The summed E-state index contributed by atoms with van der Waals surface area (Å²) in [5.41, 5.74) is 4.02. The van der Waals surface area contributed by atoms with Gasteiger partial charge in [0.1, 0.15) is 5.75 Å². The first-order valence-electron chi connectivity index (χ1n) is 8.08. The molecule has 6 nitrogen and oxygen atoms in total. The van der Waals surface area contributed by atoms with Crippen LogP contribution in [0.3, 0.4) is 0 Å². The van der Waals surface area contributed by atoms with Crippen molar-refractivity contribution in [3.05, 3.63) is 58.6 Å². The number of methoxy groups -OCH3 is 1. The van der Waals surface area contributed by atoms with E-state index in [9.17, 15) is 9.59 Å². The normalized spacial score (nSPS) is 10.5. The number of rotatable bonds is 8. The van der Waals surface area contributed by atoms with E-state index in [1.54, 1.807) is 13.3 Å². The molecule has 2 aromatic carbocycles. The fourth-order valence-electron chi connectivity index (χ4n) is 2.12. The van der Waals surface area contributed by atoms with Gasteiger partial charge in [-0.3, -0.25) is 9.59 Å². The maximum atomic E-state index is 11.9. The van der Waals surface area contributed by atoms with Crippen molar-refractivity contribution in [3.63, 3.8) is 0 Å². The Bertz CT molecular complexity index is 776. The summed E-state index contributed by atoms with van der Waals surface area (Å²) in [4.78, 5) is 23.6. The van der Waals surface area contributed by atoms with E-state index in [-0.39, 0.29) is 24.7 Å². The SMILES string of the molecule is COc1ccc(/C=N\NC(=O)CCCC(=O)Nc2cccc(Br)c2)cc1. The molecule has 2 N–H and O–H groups in total. The highest BCUT2D eigenvalue weighted by atomic mass is 79.9. The van der Waals surface area contributed by atoms with Crippen molar-refractivity contribution in [2.75, 3.05) is 12.4 Å². The Hall–Kier alpha value is -2.67. The van der Waals surface area contributed by atoms with Crippen LogP contribution in [0.2, 0.25) is 0 Å². The van der Waals surface area contributed by atoms with E-state index < -0.39 is 0 Å². The van der Waals surface area contributed by atoms with Crippen LogP contribution in [0.1, 0.15) is 24.8 Å². The molecule has 0 heterocycles. The minimum absolute atomic E-state index is 0.127. The van der Waals surface area contributed by atoms with Crippen LogP contribution in [-0.2, 0) is 9.59 Å². The van der Waals surface area contributed by atoms with E-state index in [0.717, 1.165) is 21.5 Å². The van der Waals surface area contributed by atoms with Crippen LogP contribution in [0.5, 0.6) is 5.75 Å². The molecule has 0 saturated heterocycles. The van der Waals surface area contributed by atoms with E-state index in [0.29, 0.717) is 6.42 Å². The summed E-state index contributed by atoms with van der Waals surface area (Å²) in [5, 5.41) is 6.69. The van der Waals surface area contributed by atoms with Crippen LogP contribution >= 0.6 is 15.9 Å². The van der Waals surface area contributed by atoms with Crippen LogP contribution < -0.4 is 15.5 Å². The predicted octanol–water partition coefficient (Wildman–Crippen LogP) is 3.72. The second-order valence-electron chi connectivity index (χ2n) is 5.48. The van der Waals surface area contributed by atoms with Crippen LogP contribution in [0.4, 0.5) is 5.69 Å². The van der Waals surface area contributed by atoms with Gasteiger partial charge in [0, 0.05) is 23.0 Å². The number of anilines is 1. The van der Waals surface area contributed by atoms with Gasteiger partial charge in [0.15, 0.2) is 0 Å². The molecule has 0 aliphatic carbocycles. The fraction of sp³-hybridized carbons (Fsp3) is 0.211. The lowest BCUT2D eigenvalue weighted by Gasteiger charge is -2.05. The van der Waals surface area contributed by atoms with Gasteiger partial charge >= 0.3 is 0 Å². The molecule has 0 saturated carbocycles. The number of carbonyl (C=O) groups excluding carboxylic acids is 2. The number of nitrogens with one attached hydrogen (secondary N) is 2. The maximum Gasteiger partial charge on any atom is 0.240 e. The van der Waals surface area contributed by atoms with Gasteiger partial charge in [-0.2, -0.15) is 5.10 Å². The number of benzene rings is 2. The first-order chi connectivity index (χ1) is 12.6. The summed E-state index contributed by atoms with van der Waals surface area (Å²) in [6.45, 7) is 0. The van der Waals surface area contributed by atoms with Gasteiger partial charge in [0.05, 0.1) is 13.3 Å². The molecule has 2 rings (SSSR count). The number of hydrazone groups is 1. The molecule has 0 atom stereocenters. The van der Waals surface area contributed by atoms with E-state index >= 15 is 0 Å². The van der Waals surface area contributed by atoms with Gasteiger partial charge in [0.2, 0.25) is 11.8 Å². The van der Waals surface area contributed by atoms with Gasteiger partial charge in [-0.25, -0.2) is 5.43 Å². The summed E-state index contributed by atoms with van der Waals surface area (Å²) >= 11 is 3.35. The topological polar surface area (TPSA) is 79.8 Å². The third-order valence-electron chi connectivity index (χ3n) is 3.43. The second-order valence-corrected chi connectivity index (χ2v) is 6.39. The first kappa shape index (κ1) is 19.7. The van der Waals surface area contributed by atoms with Crippen molar-refractivity contribution in [2.24, 2.45) is 5.10 Å². The molecular weight excluding hydrogens is 398 g/mol. The van der Waals surface area contributed by atoms with Crippen molar-refractivity contribution in [3.8, 4) is 5.75 Å². The van der Waals surface area contributed by atoms with E-state index in [1.807, 2.05) is 48.5 Å². The summed E-state index contributed by atoms with van der Waals surface area (Å²) < 4.78 is 5.96. The Morgan fingerprint density at radius 1 is 1.12 bits per heavy atom. The van der Waals surface area contributed by atoms with Crippen molar-refractivity contribution in [1.82, 2.24) is 5.43 Å². The second kappa shape index (κ2) is 10.4. The summed E-state index contributed by atoms with van der Waals surface area (Å²) in [6.07, 6.45) is 2.50. The molecule has 0 aliphatic rings. The number of amides is 2. The largest absolute Gasteiger partial charge is 0.497 e. The molecule has 0 unspecified atom stereocenters. The number of carbonyl (C=O) groups is 2. The van der Waals surface area contributed by atoms with Crippen LogP contribution in [0.15, 0.2) is 58.1 Å². The smallest absolute Gasteiger partial charge is 0.240 e. The summed E-state index contributed by atoms with van der Waals surface area (Å²) in [7, 11) is 1.60. The van der Waals surface area contributed by atoms with E-state index in [1.165, 1.54) is 0 Å². The first-order valence-corrected chi connectivity index (χ1v) is 8.87. The van der Waals surface area contributed by atoms with E-state index in [4.69, 9.17) is 4.74 Å². The molecule has 0 spiro atoms. The number of halogens is 1. The lowest BCUT2D eigenvalue weighted by molar-refractivity contribution is -0.121. The lowest BCUT2D eigenvalue weighted by atomic mass is 10.2. The van der Waals surface area contributed by atoms with Crippen molar-refractivity contribution >= 4 is 39.6 Å². The highest BCUT2D eigenvalue weighted by Gasteiger charge is 2.05. The number of hydrogen-bond donors (Lipinski definition) is 2. The molecule has 0 fully saturated rings. The standard InChI is InChI=1S/C19H20BrN3O3/c1-26-17-10-8-14(9-11-17)13-21-23-19(25)7-3-6-18(24)22-16-5-2-4-15(20)12-16/h2,4-5,8-13H,3,6-7H2,1H3,(H,22,24)(H,23,25)/b21-13-. The van der Waals surface area contributed by atoms with E-state index in [2.05, 4.69) is 31.8 Å². The zero-order valence-electron chi connectivity index (χ0n) is 14.4. The lowest BCUT2D eigenvalue weighted by Crippen LogP contribution is -2.18. The Labute approximate surface area is 160 Å². The molecule has 0 aliphatic heterocycles. The van der Waals surface area contributed by atoms with Gasteiger partial charge in [-0.1, -0.05) is 22.0 Å². The van der Waals surface area contributed by atoms with Gasteiger partial charge < -0.3 is 10.1 Å². The minimum Gasteiger partial charge on any atom is -0.497 e. The number of hydrogen-bond acceptors (Lipinski definition) is 4. The van der Waals surface area contributed by atoms with Crippen molar-refractivity contribution < 1.29 is 14.3 Å². The molecule has 0 bridgehead atoms. The maximum absolute atomic E-state index is 11.9. The van der Waals surface area contributed by atoms with Crippen LogP contribution in [0, 0.1) is 0 Å². The van der Waals surface area contributed by atoms with Crippen molar-refractivity contribution in [1.29, 1.82) is 0 Å². The predicted molar refractivity (Wildman–Crippen MR) is 105 cm³/mol. The summed E-state index contributed by atoms with van der Waals surface area (Å²) in [6, 6.07) is 14.6. The molecule has 26 heavy (non-hydrogen) atoms. The Balaban J connectivity index is 1.66. The highest BCUT2D eigenvalue weighted by Crippen LogP contribution is 2.16. The van der Waals surface area contributed by atoms with Crippen LogP contribution in [0.25, 0.3) is 0 Å². The minimum atomic E-state index is -0.231. The Morgan fingerprint density at radius 3 is 2.54 bits per heavy atom. The Morgan fingerprint density at radius 2 is 1.85 bits per heavy atom. The molecule has 7 heteroatoms. The van der Waals surface area contributed by atoms with Gasteiger partial charge in [-0.05, 0) is 54.4 Å². The zero-order valence-corrected chi connectivity index (χ0v) is 16.0. The molecule has 0 aromatic heterocycles. The Kier molecular flexibility index (Phi) is 7.82. The van der Waals surface area contributed by atoms with Crippen molar-refractivity contribution in [2.45, 2.75) is 19.3 Å². The molecule has 2 aromatic rings. The molecule has 2 amide bonds. The monoisotopic (exact) mass is 417 g/mol. The number of nitrogens with zero attached hydrogens (tertiary/aromatic N) is 1. The average molecular weight is 418 g/mol. The van der Waals surface area contributed by atoms with Gasteiger partial charge in [0.25, 0.3) is 0 Å². The number of ether oxygens (including phenoxy) is 1. The third-order valence-corrected chi connectivity index (χ3v) is 3.93. The average Bonchev–Trinajstić information content (AvgIpc) is 2.62. The fourth-order valence-corrected chi connectivity index (χ4v) is 2.52. The summed E-state index contributed by atoms with van der Waals surface area (Å²) in [5.74, 6) is 0.398. The van der Waals surface area contributed by atoms with Crippen LogP contribution in [-0.4, -0.2) is 25.1 Å². The zero-order chi connectivity index (χ0) is 18.8. The molecule has 0 radical (unpaired) electrons. The quantitative estimate of drug-likeness (QED) is 0.507. The molecule has 136 valence electrons.